The van der Waals surface area contributed by atoms with Crippen molar-refractivity contribution >= 4 is 0 Å². The van der Waals surface area contributed by atoms with Crippen LogP contribution in [0.2, 0.25) is 0 Å². The first-order valence-electron chi connectivity index (χ1n) is 7.20. The van der Waals surface area contributed by atoms with Gasteiger partial charge < -0.3 is 9.30 Å². The van der Waals surface area contributed by atoms with E-state index < -0.39 is 0 Å². The van der Waals surface area contributed by atoms with Crippen LogP contribution in [0.5, 0.6) is 0 Å². The van der Waals surface area contributed by atoms with Gasteiger partial charge in [0, 0.05) is 33.4 Å². The molecule has 6 heteroatoms. The van der Waals surface area contributed by atoms with E-state index in [2.05, 4.69) is 33.1 Å². The van der Waals surface area contributed by atoms with Gasteiger partial charge in [-0.15, -0.1) is 10.2 Å². The van der Waals surface area contributed by atoms with Crippen LogP contribution in [0.4, 0.5) is 0 Å². The van der Waals surface area contributed by atoms with Gasteiger partial charge in [0.05, 0.1) is 17.8 Å². The molecule has 0 aromatic carbocycles. The molecule has 0 aliphatic carbocycles. The van der Waals surface area contributed by atoms with E-state index in [1.54, 1.807) is 13.4 Å². The predicted molar refractivity (Wildman–Crippen MR) is 78.5 cm³/mol. The Morgan fingerprint density at radius 3 is 2.95 bits per heavy atom. The van der Waals surface area contributed by atoms with Crippen molar-refractivity contribution in [1.29, 1.82) is 0 Å². The highest BCUT2D eigenvalue weighted by molar-refractivity contribution is 5.18. The maximum atomic E-state index is 5.56. The van der Waals surface area contributed by atoms with Gasteiger partial charge in [-0.3, -0.25) is 9.88 Å². The molecule has 1 fully saturated rings. The van der Waals surface area contributed by atoms with Gasteiger partial charge in [0.15, 0.2) is 0 Å². The second-order valence-electron chi connectivity index (χ2n) is 5.61. The van der Waals surface area contributed by atoms with Crippen LogP contribution in [0.25, 0.3) is 0 Å². The average Bonchev–Trinajstić information content (AvgIpc) is 3.07. The Hall–Kier alpha value is -1.79. The maximum absolute atomic E-state index is 5.56. The molecule has 2 aromatic heterocycles. The number of likely N-dealkylation sites (tertiary alicyclic amines) is 1. The minimum absolute atomic E-state index is 0.226. The summed E-state index contributed by atoms with van der Waals surface area (Å²) in [4.78, 5) is 6.89. The van der Waals surface area contributed by atoms with Gasteiger partial charge in [0.25, 0.3) is 0 Å². The SMILES string of the molecule is CO[C@@H]1C[C@@H](c2nncn2C)N(Cc2ncccc2C)C1. The van der Waals surface area contributed by atoms with Crippen molar-refractivity contribution in [2.24, 2.45) is 7.05 Å². The Morgan fingerprint density at radius 1 is 1.43 bits per heavy atom. The third kappa shape index (κ3) is 2.82. The summed E-state index contributed by atoms with van der Waals surface area (Å²) >= 11 is 0. The monoisotopic (exact) mass is 287 g/mol. The summed E-state index contributed by atoms with van der Waals surface area (Å²) in [6.07, 6.45) is 4.77. The van der Waals surface area contributed by atoms with Gasteiger partial charge in [-0.25, -0.2) is 0 Å². The van der Waals surface area contributed by atoms with Crippen molar-refractivity contribution in [1.82, 2.24) is 24.6 Å². The lowest BCUT2D eigenvalue weighted by molar-refractivity contribution is 0.107. The number of rotatable bonds is 4. The van der Waals surface area contributed by atoms with Crippen molar-refractivity contribution in [2.45, 2.75) is 32.0 Å². The number of hydrogen-bond acceptors (Lipinski definition) is 5. The lowest BCUT2D eigenvalue weighted by atomic mass is 10.1. The molecule has 0 saturated carbocycles. The first-order valence-corrected chi connectivity index (χ1v) is 7.20. The molecular formula is C15H21N5O. The first kappa shape index (κ1) is 14.2. The van der Waals surface area contributed by atoms with Crippen molar-refractivity contribution in [2.75, 3.05) is 13.7 Å². The van der Waals surface area contributed by atoms with Crippen LogP contribution in [-0.4, -0.2) is 44.4 Å². The lowest BCUT2D eigenvalue weighted by Crippen LogP contribution is -2.27. The quantitative estimate of drug-likeness (QED) is 0.852. The second kappa shape index (κ2) is 5.91. The van der Waals surface area contributed by atoms with Crippen molar-refractivity contribution in [3.8, 4) is 0 Å². The molecule has 1 saturated heterocycles. The molecule has 1 aliphatic heterocycles. The van der Waals surface area contributed by atoms with E-state index >= 15 is 0 Å². The number of aryl methyl sites for hydroxylation is 2. The van der Waals surface area contributed by atoms with Gasteiger partial charge in [-0.1, -0.05) is 6.07 Å². The summed E-state index contributed by atoms with van der Waals surface area (Å²) in [5.74, 6) is 0.989. The van der Waals surface area contributed by atoms with Gasteiger partial charge in [0.1, 0.15) is 12.2 Å². The Balaban J connectivity index is 1.85. The molecule has 0 amide bonds. The van der Waals surface area contributed by atoms with Gasteiger partial charge in [-0.2, -0.15) is 0 Å². The molecule has 0 radical (unpaired) electrons. The number of methoxy groups -OCH3 is 1. The summed E-state index contributed by atoms with van der Waals surface area (Å²) in [6, 6.07) is 4.30. The lowest BCUT2D eigenvalue weighted by Gasteiger charge is -2.23. The Kier molecular flexibility index (Phi) is 3.98. The molecule has 0 spiro atoms. The summed E-state index contributed by atoms with van der Waals surface area (Å²) in [5.41, 5.74) is 2.33. The summed E-state index contributed by atoms with van der Waals surface area (Å²) in [7, 11) is 3.76. The number of pyridine rings is 1. The second-order valence-corrected chi connectivity index (χ2v) is 5.61. The zero-order valence-corrected chi connectivity index (χ0v) is 12.7. The fraction of sp³-hybridized carbons (Fsp3) is 0.533. The van der Waals surface area contributed by atoms with Crippen LogP contribution in [0, 0.1) is 6.92 Å². The van der Waals surface area contributed by atoms with E-state index in [1.165, 1.54) is 5.56 Å². The van der Waals surface area contributed by atoms with Crippen LogP contribution in [0.15, 0.2) is 24.7 Å². The number of hydrogen-bond donors (Lipinski definition) is 0. The van der Waals surface area contributed by atoms with E-state index in [0.29, 0.717) is 0 Å². The zero-order valence-electron chi connectivity index (χ0n) is 12.7. The highest BCUT2D eigenvalue weighted by atomic mass is 16.5. The molecule has 21 heavy (non-hydrogen) atoms. The molecule has 0 unspecified atom stereocenters. The highest BCUT2D eigenvalue weighted by Crippen LogP contribution is 2.33. The van der Waals surface area contributed by atoms with E-state index in [1.807, 2.05) is 23.9 Å². The zero-order chi connectivity index (χ0) is 14.8. The largest absolute Gasteiger partial charge is 0.380 e. The third-order valence-electron chi connectivity index (χ3n) is 4.21. The Bertz CT molecular complexity index is 612. The van der Waals surface area contributed by atoms with Crippen molar-refractivity contribution < 1.29 is 4.74 Å². The van der Waals surface area contributed by atoms with Gasteiger partial charge >= 0.3 is 0 Å². The molecule has 3 heterocycles. The molecular weight excluding hydrogens is 266 g/mol. The third-order valence-corrected chi connectivity index (χ3v) is 4.21. The fourth-order valence-electron chi connectivity index (χ4n) is 2.95. The molecule has 6 nitrogen and oxygen atoms in total. The van der Waals surface area contributed by atoms with Gasteiger partial charge in [-0.05, 0) is 25.0 Å². The Labute approximate surface area is 124 Å². The first-order chi connectivity index (χ1) is 10.2. The van der Waals surface area contributed by atoms with Crippen molar-refractivity contribution in [3.05, 3.63) is 41.7 Å². The smallest absolute Gasteiger partial charge is 0.150 e. The van der Waals surface area contributed by atoms with Crippen LogP contribution >= 0.6 is 0 Å². The van der Waals surface area contributed by atoms with E-state index in [4.69, 9.17) is 4.74 Å². The average molecular weight is 287 g/mol. The fourth-order valence-corrected chi connectivity index (χ4v) is 2.95. The van der Waals surface area contributed by atoms with Crippen LogP contribution in [-0.2, 0) is 18.3 Å². The van der Waals surface area contributed by atoms with Crippen LogP contribution in [0.1, 0.15) is 29.5 Å². The molecule has 2 atom stereocenters. The van der Waals surface area contributed by atoms with Crippen LogP contribution in [0.3, 0.4) is 0 Å². The molecule has 112 valence electrons. The minimum atomic E-state index is 0.226. The van der Waals surface area contributed by atoms with Crippen LogP contribution < -0.4 is 0 Å². The summed E-state index contributed by atoms with van der Waals surface area (Å²) in [5, 5.41) is 8.28. The van der Waals surface area contributed by atoms with E-state index in [9.17, 15) is 0 Å². The molecule has 1 aliphatic rings. The van der Waals surface area contributed by atoms with Gasteiger partial charge in [0.2, 0.25) is 0 Å². The van der Waals surface area contributed by atoms with E-state index in [0.717, 1.165) is 31.0 Å². The number of ether oxygens (including phenoxy) is 1. The summed E-state index contributed by atoms with van der Waals surface area (Å²) < 4.78 is 7.55. The van der Waals surface area contributed by atoms with E-state index in [-0.39, 0.29) is 12.1 Å². The minimum Gasteiger partial charge on any atom is -0.380 e. The predicted octanol–water partition coefficient (Wildman–Crippen LogP) is 1.48. The topological polar surface area (TPSA) is 56.1 Å². The molecule has 0 bridgehead atoms. The molecule has 2 aromatic rings. The van der Waals surface area contributed by atoms with Crippen molar-refractivity contribution in [3.63, 3.8) is 0 Å². The maximum Gasteiger partial charge on any atom is 0.150 e. The normalized spacial score (nSPS) is 22.8. The Morgan fingerprint density at radius 2 is 2.29 bits per heavy atom. The molecule has 0 N–H and O–H groups in total. The summed E-state index contributed by atoms with van der Waals surface area (Å²) in [6.45, 7) is 3.80. The standard InChI is InChI=1S/C15H21N5O/c1-11-5-4-6-16-13(11)9-20-8-12(21-3)7-14(20)15-18-17-10-19(15)2/h4-6,10,12,14H,7-9H2,1-3H3/t12-,14+/m1/s1. The highest BCUT2D eigenvalue weighted by Gasteiger charge is 2.36. The molecule has 3 rings (SSSR count). The number of nitrogens with zero attached hydrogens (tertiary/aromatic N) is 5. The number of aromatic nitrogens is 4.